The summed E-state index contributed by atoms with van der Waals surface area (Å²) in [6.45, 7) is 1.96. The van der Waals surface area contributed by atoms with Gasteiger partial charge in [0.2, 0.25) is 0 Å². The summed E-state index contributed by atoms with van der Waals surface area (Å²) in [6, 6.07) is 4.07. The van der Waals surface area contributed by atoms with Crippen molar-refractivity contribution in [2.75, 3.05) is 0 Å². The van der Waals surface area contributed by atoms with E-state index in [1.807, 2.05) is 42.2 Å². The summed E-state index contributed by atoms with van der Waals surface area (Å²) < 4.78 is 1.92. The zero-order valence-corrected chi connectivity index (χ0v) is 8.31. The number of aromatic amines is 1. The van der Waals surface area contributed by atoms with Gasteiger partial charge in [-0.05, 0) is 19.1 Å². The van der Waals surface area contributed by atoms with Gasteiger partial charge in [-0.1, -0.05) is 0 Å². The van der Waals surface area contributed by atoms with Gasteiger partial charge in [-0.25, -0.2) is 9.97 Å². The standard InChI is InChI=1S/C11H10N4/c1-8-6-15(7-14-8)11-4-9-2-3-12-10(9)5-13-11/h2-7,12H,1H3. The molecule has 0 amide bonds. The van der Waals surface area contributed by atoms with Crippen molar-refractivity contribution in [2.45, 2.75) is 6.92 Å². The van der Waals surface area contributed by atoms with Gasteiger partial charge in [-0.3, -0.25) is 4.57 Å². The van der Waals surface area contributed by atoms with Crippen molar-refractivity contribution in [3.8, 4) is 5.82 Å². The Hall–Kier alpha value is -2.10. The lowest BCUT2D eigenvalue weighted by Crippen LogP contribution is -1.93. The molecule has 4 heteroatoms. The van der Waals surface area contributed by atoms with Crippen LogP contribution in [0, 0.1) is 6.92 Å². The van der Waals surface area contributed by atoms with Crippen molar-refractivity contribution in [1.29, 1.82) is 0 Å². The number of hydrogen-bond donors (Lipinski definition) is 1. The molecular formula is C11H10N4. The summed E-state index contributed by atoms with van der Waals surface area (Å²) in [5, 5.41) is 1.16. The monoisotopic (exact) mass is 198 g/mol. The largest absolute Gasteiger partial charge is 0.360 e. The Labute approximate surface area is 86.6 Å². The molecule has 3 rings (SSSR count). The summed E-state index contributed by atoms with van der Waals surface area (Å²) in [7, 11) is 0. The number of H-pyrrole nitrogens is 1. The normalized spacial score (nSPS) is 11.0. The number of aryl methyl sites for hydroxylation is 1. The van der Waals surface area contributed by atoms with Gasteiger partial charge in [0.05, 0.1) is 17.4 Å². The number of imidazole rings is 1. The molecule has 0 atom stereocenters. The van der Waals surface area contributed by atoms with Gasteiger partial charge in [-0.15, -0.1) is 0 Å². The molecule has 0 fully saturated rings. The third-order valence-electron chi connectivity index (χ3n) is 2.40. The van der Waals surface area contributed by atoms with E-state index < -0.39 is 0 Å². The van der Waals surface area contributed by atoms with Crippen LogP contribution in [0.5, 0.6) is 0 Å². The van der Waals surface area contributed by atoms with E-state index in [0.717, 1.165) is 22.4 Å². The second kappa shape index (κ2) is 2.95. The lowest BCUT2D eigenvalue weighted by molar-refractivity contribution is 0.998. The summed E-state index contributed by atoms with van der Waals surface area (Å²) in [6.07, 6.45) is 7.48. The molecule has 3 aromatic heterocycles. The Balaban J connectivity index is 2.18. The van der Waals surface area contributed by atoms with Crippen LogP contribution in [0.3, 0.4) is 0 Å². The predicted molar refractivity (Wildman–Crippen MR) is 58.0 cm³/mol. The average molecular weight is 198 g/mol. The highest BCUT2D eigenvalue weighted by Gasteiger charge is 2.01. The van der Waals surface area contributed by atoms with Crippen LogP contribution in [0.2, 0.25) is 0 Å². The van der Waals surface area contributed by atoms with Gasteiger partial charge < -0.3 is 4.98 Å². The predicted octanol–water partition coefficient (Wildman–Crippen LogP) is 2.06. The SMILES string of the molecule is Cc1cn(-c2cc3cc[nH]c3cn2)cn1. The van der Waals surface area contributed by atoms with Crippen molar-refractivity contribution >= 4 is 10.9 Å². The minimum absolute atomic E-state index is 0.891. The zero-order valence-electron chi connectivity index (χ0n) is 8.31. The molecule has 0 saturated carbocycles. The number of nitrogens with one attached hydrogen (secondary N) is 1. The first-order chi connectivity index (χ1) is 7.33. The molecule has 15 heavy (non-hydrogen) atoms. The fourth-order valence-electron chi connectivity index (χ4n) is 1.63. The molecule has 0 unspecified atom stereocenters. The Morgan fingerprint density at radius 3 is 3.07 bits per heavy atom. The molecule has 0 aliphatic rings. The molecule has 74 valence electrons. The molecule has 0 aliphatic carbocycles. The van der Waals surface area contributed by atoms with E-state index >= 15 is 0 Å². The molecule has 0 aliphatic heterocycles. The van der Waals surface area contributed by atoms with Crippen LogP contribution in [-0.4, -0.2) is 19.5 Å². The summed E-state index contributed by atoms with van der Waals surface area (Å²) in [4.78, 5) is 11.6. The summed E-state index contributed by atoms with van der Waals surface area (Å²) in [5.74, 6) is 0.891. The molecule has 1 N–H and O–H groups in total. The van der Waals surface area contributed by atoms with Crippen molar-refractivity contribution < 1.29 is 0 Å². The van der Waals surface area contributed by atoms with E-state index in [4.69, 9.17) is 0 Å². The molecule has 0 bridgehead atoms. The second-order valence-corrected chi connectivity index (χ2v) is 3.53. The molecule has 0 radical (unpaired) electrons. The smallest absolute Gasteiger partial charge is 0.138 e. The maximum absolute atomic E-state index is 4.35. The van der Waals surface area contributed by atoms with Gasteiger partial charge in [-0.2, -0.15) is 0 Å². The van der Waals surface area contributed by atoms with Crippen LogP contribution in [0.4, 0.5) is 0 Å². The molecule has 4 nitrogen and oxygen atoms in total. The van der Waals surface area contributed by atoms with Gasteiger partial charge >= 0.3 is 0 Å². The van der Waals surface area contributed by atoms with Crippen molar-refractivity contribution in [3.05, 3.63) is 42.7 Å². The van der Waals surface area contributed by atoms with Crippen LogP contribution in [0.15, 0.2) is 37.1 Å². The Bertz CT molecular complexity index is 606. The fraction of sp³-hybridized carbons (Fsp3) is 0.0909. The van der Waals surface area contributed by atoms with Crippen molar-refractivity contribution in [2.24, 2.45) is 0 Å². The third kappa shape index (κ3) is 1.30. The molecule has 3 heterocycles. The van der Waals surface area contributed by atoms with Crippen LogP contribution in [-0.2, 0) is 0 Å². The minimum Gasteiger partial charge on any atom is -0.360 e. The maximum atomic E-state index is 4.35. The number of fused-ring (bicyclic) bond motifs is 1. The lowest BCUT2D eigenvalue weighted by Gasteiger charge is -1.99. The number of nitrogens with zero attached hydrogens (tertiary/aromatic N) is 3. The van der Waals surface area contributed by atoms with Gasteiger partial charge in [0.15, 0.2) is 0 Å². The van der Waals surface area contributed by atoms with E-state index in [1.165, 1.54) is 0 Å². The quantitative estimate of drug-likeness (QED) is 0.650. The average Bonchev–Trinajstić information content (AvgIpc) is 2.84. The Kier molecular flexibility index (Phi) is 1.62. The van der Waals surface area contributed by atoms with Crippen LogP contribution in [0.25, 0.3) is 16.7 Å². The topological polar surface area (TPSA) is 46.5 Å². The highest BCUT2D eigenvalue weighted by atomic mass is 15.1. The molecule has 3 aromatic rings. The third-order valence-corrected chi connectivity index (χ3v) is 2.40. The number of aromatic nitrogens is 4. The number of hydrogen-bond acceptors (Lipinski definition) is 2. The van der Waals surface area contributed by atoms with Gasteiger partial charge in [0.1, 0.15) is 12.1 Å². The highest BCUT2D eigenvalue weighted by molar-refractivity contribution is 5.79. The van der Waals surface area contributed by atoms with E-state index in [9.17, 15) is 0 Å². The molecule has 0 spiro atoms. The van der Waals surface area contributed by atoms with E-state index in [2.05, 4.69) is 15.0 Å². The Morgan fingerprint density at radius 2 is 2.27 bits per heavy atom. The molecule has 0 saturated heterocycles. The summed E-state index contributed by atoms with van der Waals surface area (Å²) >= 11 is 0. The number of pyridine rings is 1. The summed E-state index contributed by atoms with van der Waals surface area (Å²) in [5.41, 5.74) is 2.04. The minimum atomic E-state index is 0.891. The maximum Gasteiger partial charge on any atom is 0.138 e. The van der Waals surface area contributed by atoms with Crippen molar-refractivity contribution in [3.63, 3.8) is 0 Å². The first-order valence-electron chi connectivity index (χ1n) is 4.77. The zero-order chi connectivity index (χ0) is 10.3. The lowest BCUT2D eigenvalue weighted by atomic mass is 10.3. The second-order valence-electron chi connectivity index (χ2n) is 3.53. The van der Waals surface area contributed by atoms with Gasteiger partial charge in [0.25, 0.3) is 0 Å². The van der Waals surface area contributed by atoms with E-state index in [1.54, 1.807) is 6.33 Å². The fourth-order valence-corrected chi connectivity index (χ4v) is 1.63. The van der Waals surface area contributed by atoms with Crippen LogP contribution in [0.1, 0.15) is 5.69 Å². The van der Waals surface area contributed by atoms with Crippen molar-refractivity contribution in [1.82, 2.24) is 19.5 Å². The molecule has 0 aromatic carbocycles. The first kappa shape index (κ1) is 8.23. The van der Waals surface area contributed by atoms with Crippen LogP contribution < -0.4 is 0 Å². The number of rotatable bonds is 1. The van der Waals surface area contributed by atoms with Gasteiger partial charge in [0, 0.05) is 17.8 Å². The molecular weight excluding hydrogens is 188 g/mol. The van der Waals surface area contributed by atoms with E-state index in [0.29, 0.717) is 0 Å². The highest BCUT2D eigenvalue weighted by Crippen LogP contribution is 2.14. The Morgan fingerprint density at radius 1 is 1.33 bits per heavy atom. The van der Waals surface area contributed by atoms with Crippen LogP contribution >= 0.6 is 0 Å². The van der Waals surface area contributed by atoms with E-state index in [-0.39, 0.29) is 0 Å². The first-order valence-corrected chi connectivity index (χ1v) is 4.77.